The van der Waals surface area contributed by atoms with Gasteiger partial charge in [-0.3, -0.25) is 0 Å². The Balaban J connectivity index is 1.21. The Morgan fingerprint density at radius 1 is 0.339 bits per heavy atom. The summed E-state index contributed by atoms with van der Waals surface area (Å²) in [6.45, 7) is 0. The van der Waals surface area contributed by atoms with Crippen LogP contribution >= 0.6 is 0 Å². The van der Waals surface area contributed by atoms with Crippen molar-refractivity contribution in [3.05, 3.63) is 247 Å². The summed E-state index contributed by atoms with van der Waals surface area (Å²) in [7, 11) is 0. The minimum Gasteiger partial charge on any atom is -0.310 e. The quantitative estimate of drug-likeness (QED) is 0.157. The first-order chi connectivity index (χ1) is 27.8. The van der Waals surface area contributed by atoms with Gasteiger partial charge in [-0.25, -0.2) is 9.97 Å². The molecule has 0 spiro atoms. The average molecular weight is 716 g/mol. The first-order valence-corrected chi connectivity index (χ1v) is 19.0. The molecule has 56 heavy (non-hydrogen) atoms. The van der Waals surface area contributed by atoms with E-state index in [1.165, 1.54) is 44.5 Å². The molecule has 1 aromatic heterocycles. The number of aromatic nitrogens is 2. The molecule has 0 saturated heterocycles. The third-order valence-corrected chi connectivity index (χ3v) is 11.1. The average Bonchev–Trinajstić information content (AvgIpc) is 3.58. The van der Waals surface area contributed by atoms with Gasteiger partial charge in [0.1, 0.15) is 6.33 Å². The van der Waals surface area contributed by atoms with E-state index >= 15 is 0 Å². The maximum atomic E-state index is 4.30. The molecule has 0 bridgehead atoms. The van der Waals surface area contributed by atoms with E-state index in [9.17, 15) is 0 Å². The number of hydrogen-bond donors (Lipinski definition) is 0. The number of benzene rings is 8. The van der Waals surface area contributed by atoms with E-state index in [4.69, 9.17) is 0 Å². The second kappa shape index (κ2) is 14.1. The number of rotatable bonds is 8. The van der Waals surface area contributed by atoms with Crippen LogP contribution in [0.1, 0.15) is 22.3 Å². The van der Waals surface area contributed by atoms with E-state index in [1.807, 2.05) is 12.4 Å². The highest BCUT2D eigenvalue weighted by Gasteiger charge is 2.46. The van der Waals surface area contributed by atoms with Crippen LogP contribution in [0, 0.1) is 0 Å². The minimum atomic E-state index is -0.515. The van der Waals surface area contributed by atoms with Crippen LogP contribution in [0.25, 0.3) is 44.5 Å². The molecular weight excluding hydrogens is 679 g/mol. The normalized spacial score (nSPS) is 12.4. The highest BCUT2D eigenvalue weighted by molar-refractivity contribution is 5.93. The number of para-hydroxylation sites is 1. The zero-order valence-electron chi connectivity index (χ0n) is 30.7. The molecule has 1 heterocycles. The summed E-state index contributed by atoms with van der Waals surface area (Å²) in [6, 6.07) is 75.0. The second-order valence-corrected chi connectivity index (χ2v) is 14.2. The lowest BCUT2D eigenvalue weighted by Crippen LogP contribution is -2.28. The van der Waals surface area contributed by atoms with E-state index in [0.717, 1.165) is 39.3 Å². The van der Waals surface area contributed by atoms with Gasteiger partial charge < -0.3 is 4.90 Å². The minimum absolute atomic E-state index is 0.515. The number of hydrogen-bond acceptors (Lipinski definition) is 3. The molecule has 0 saturated carbocycles. The Morgan fingerprint density at radius 3 is 1.59 bits per heavy atom. The molecule has 0 unspecified atom stereocenters. The number of fused-ring (bicyclic) bond motifs is 3. The standard InChI is InChI=1S/C53H37N3/c1-4-15-38(16-5-1)39-27-29-45(30-28-39)56(52-26-13-11-23-47(52)41-18-14-17-40(33-41)42-35-54-37-55-36-42)46-31-32-49-48-24-10-12-25-50(48)53(51(49)34-46,43-19-6-2-7-20-43)44-21-8-3-9-22-44/h1-37H. The molecule has 9 aromatic rings. The van der Waals surface area contributed by atoms with Crippen molar-refractivity contribution in [2.24, 2.45) is 0 Å². The first-order valence-electron chi connectivity index (χ1n) is 19.0. The van der Waals surface area contributed by atoms with Gasteiger partial charge in [0.05, 0.1) is 11.1 Å². The van der Waals surface area contributed by atoms with Crippen molar-refractivity contribution >= 4 is 17.1 Å². The Morgan fingerprint density at radius 2 is 0.875 bits per heavy atom. The van der Waals surface area contributed by atoms with Crippen LogP contribution < -0.4 is 4.90 Å². The molecular formula is C53H37N3. The monoisotopic (exact) mass is 715 g/mol. The van der Waals surface area contributed by atoms with Crippen LogP contribution in [0.2, 0.25) is 0 Å². The Bertz CT molecular complexity index is 2740. The van der Waals surface area contributed by atoms with E-state index < -0.39 is 5.41 Å². The van der Waals surface area contributed by atoms with E-state index in [-0.39, 0.29) is 0 Å². The highest BCUT2D eigenvalue weighted by atomic mass is 15.1. The molecule has 0 fully saturated rings. The van der Waals surface area contributed by atoms with Gasteiger partial charge in [-0.2, -0.15) is 0 Å². The Hall–Kier alpha value is -7.36. The zero-order valence-corrected chi connectivity index (χ0v) is 30.7. The largest absolute Gasteiger partial charge is 0.310 e. The molecule has 264 valence electrons. The van der Waals surface area contributed by atoms with Gasteiger partial charge >= 0.3 is 0 Å². The van der Waals surface area contributed by atoms with Crippen molar-refractivity contribution in [1.29, 1.82) is 0 Å². The predicted molar refractivity (Wildman–Crippen MR) is 230 cm³/mol. The van der Waals surface area contributed by atoms with Gasteiger partial charge in [0.15, 0.2) is 0 Å². The van der Waals surface area contributed by atoms with Crippen LogP contribution in [0.3, 0.4) is 0 Å². The molecule has 3 nitrogen and oxygen atoms in total. The summed E-state index contributed by atoms with van der Waals surface area (Å²) < 4.78 is 0. The zero-order chi connectivity index (χ0) is 37.3. The van der Waals surface area contributed by atoms with E-state index in [2.05, 4.69) is 221 Å². The summed E-state index contributed by atoms with van der Waals surface area (Å²) in [5.41, 5.74) is 17.0. The molecule has 10 rings (SSSR count). The van der Waals surface area contributed by atoms with Crippen LogP contribution in [0.5, 0.6) is 0 Å². The van der Waals surface area contributed by atoms with E-state index in [1.54, 1.807) is 6.33 Å². The Labute approximate surface area is 327 Å². The van der Waals surface area contributed by atoms with Crippen LogP contribution in [-0.2, 0) is 5.41 Å². The lowest BCUT2D eigenvalue weighted by molar-refractivity contribution is 0.768. The van der Waals surface area contributed by atoms with Crippen LogP contribution in [0.15, 0.2) is 225 Å². The second-order valence-electron chi connectivity index (χ2n) is 14.2. The topological polar surface area (TPSA) is 29.0 Å². The summed E-state index contributed by atoms with van der Waals surface area (Å²) >= 11 is 0. The predicted octanol–water partition coefficient (Wildman–Crippen LogP) is 13.3. The summed E-state index contributed by atoms with van der Waals surface area (Å²) in [5, 5.41) is 0. The molecule has 0 atom stereocenters. The summed E-state index contributed by atoms with van der Waals surface area (Å²) in [4.78, 5) is 11.0. The third kappa shape index (κ3) is 5.61. The fraction of sp³-hybridized carbons (Fsp3) is 0.0189. The summed E-state index contributed by atoms with van der Waals surface area (Å²) in [6.07, 6.45) is 5.31. The lowest BCUT2D eigenvalue weighted by atomic mass is 9.67. The molecule has 0 radical (unpaired) electrons. The van der Waals surface area contributed by atoms with Gasteiger partial charge in [-0.1, -0.05) is 170 Å². The highest BCUT2D eigenvalue weighted by Crippen LogP contribution is 2.57. The van der Waals surface area contributed by atoms with E-state index in [0.29, 0.717) is 0 Å². The van der Waals surface area contributed by atoms with Crippen molar-refractivity contribution in [2.45, 2.75) is 5.41 Å². The lowest BCUT2D eigenvalue weighted by Gasteiger charge is -2.35. The molecule has 0 amide bonds. The van der Waals surface area contributed by atoms with Crippen molar-refractivity contribution < 1.29 is 0 Å². The maximum Gasteiger partial charge on any atom is 0.115 e. The first kappa shape index (κ1) is 33.2. The van der Waals surface area contributed by atoms with Gasteiger partial charge in [0.2, 0.25) is 0 Å². The van der Waals surface area contributed by atoms with Crippen molar-refractivity contribution in [1.82, 2.24) is 9.97 Å². The smallest absolute Gasteiger partial charge is 0.115 e. The fourth-order valence-electron chi connectivity index (χ4n) is 8.66. The van der Waals surface area contributed by atoms with Gasteiger partial charge in [0, 0.05) is 34.9 Å². The van der Waals surface area contributed by atoms with Gasteiger partial charge in [-0.15, -0.1) is 0 Å². The number of anilines is 3. The molecule has 0 N–H and O–H groups in total. The number of nitrogens with zero attached hydrogens (tertiary/aromatic N) is 3. The Kier molecular flexibility index (Phi) is 8.38. The summed E-state index contributed by atoms with van der Waals surface area (Å²) in [5.74, 6) is 0. The molecule has 0 aliphatic heterocycles. The molecule has 1 aliphatic carbocycles. The van der Waals surface area contributed by atoms with Crippen LogP contribution in [-0.4, -0.2) is 9.97 Å². The van der Waals surface area contributed by atoms with Crippen molar-refractivity contribution in [3.63, 3.8) is 0 Å². The van der Waals surface area contributed by atoms with Gasteiger partial charge in [-0.05, 0) is 92.0 Å². The molecule has 8 aromatic carbocycles. The third-order valence-electron chi connectivity index (χ3n) is 11.1. The molecule has 1 aliphatic rings. The fourth-order valence-corrected chi connectivity index (χ4v) is 8.66. The van der Waals surface area contributed by atoms with Gasteiger partial charge in [0.25, 0.3) is 0 Å². The van der Waals surface area contributed by atoms with Crippen molar-refractivity contribution in [3.8, 4) is 44.5 Å². The van der Waals surface area contributed by atoms with Crippen molar-refractivity contribution in [2.75, 3.05) is 4.90 Å². The maximum absolute atomic E-state index is 4.30. The SMILES string of the molecule is c1ccc(-c2ccc(N(c3ccc4c(c3)C(c3ccccc3)(c3ccccc3)c3ccccc3-4)c3ccccc3-c3cccc(-c4cncnc4)c3)cc2)cc1. The molecule has 3 heteroatoms. The van der Waals surface area contributed by atoms with Crippen LogP contribution in [0.4, 0.5) is 17.1 Å².